The zero-order chi connectivity index (χ0) is 12.2. The van der Waals surface area contributed by atoms with E-state index in [-0.39, 0.29) is 6.54 Å². The Morgan fingerprint density at radius 3 is 2.62 bits per heavy atom. The van der Waals surface area contributed by atoms with E-state index in [1.165, 1.54) is 0 Å². The average Bonchev–Trinajstić information content (AvgIpc) is 2.16. The molecule has 1 aromatic carbocycles. The van der Waals surface area contributed by atoms with Gasteiger partial charge in [-0.3, -0.25) is 0 Å². The number of aliphatic hydroxyl groups is 1. The summed E-state index contributed by atoms with van der Waals surface area (Å²) in [4.78, 5) is 0. The predicted octanol–water partition coefficient (Wildman–Crippen LogP) is 2.46. The van der Waals surface area contributed by atoms with Crippen molar-refractivity contribution in [3.05, 3.63) is 34.3 Å². The molecule has 2 nitrogen and oxygen atoms in total. The highest BCUT2D eigenvalue weighted by Gasteiger charge is 2.37. The number of hydrogen-bond donors (Lipinski definition) is 2. The Labute approximate surface area is 99.6 Å². The second-order valence-corrected chi connectivity index (χ2v) is 4.23. The van der Waals surface area contributed by atoms with Crippen molar-refractivity contribution < 1.29 is 18.3 Å². The quantitative estimate of drug-likeness (QED) is 0.895. The molecular weight excluding hydrogens is 287 g/mol. The highest BCUT2D eigenvalue weighted by molar-refractivity contribution is 9.10. The molecule has 1 atom stereocenters. The van der Waals surface area contributed by atoms with Gasteiger partial charge in [0, 0.05) is 17.6 Å². The lowest BCUT2D eigenvalue weighted by Crippen LogP contribution is -2.38. The van der Waals surface area contributed by atoms with E-state index in [4.69, 9.17) is 5.11 Å². The lowest BCUT2D eigenvalue weighted by molar-refractivity contribution is -0.201. The molecule has 0 saturated carbocycles. The standard InChI is InChI=1S/C10H11BrF3NO/c11-8-3-1-2-7(4-8)5-15-6-9(16)10(12,13)14/h1-4,9,15-16H,5-6H2. The molecule has 16 heavy (non-hydrogen) atoms. The summed E-state index contributed by atoms with van der Waals surface area (Å²) in [6, 6.07) is 7.21. The maximum atomic E-state index is 11.9. The Morgan fingerprint density at radius 2 is 2.06 bits per heavy atom. The maximum absolute atomic E-state index is 11.9. The van der Waals surface area contributed by atoms with E-state index < -0.39 is 18.8 Å². The first kappa shape index (κ1) is 13.5. The maximum Gasteiger partial charge on any atom is 0.415 e. The number of alkyl halides is 3. The summed E-state index contributed by atoms with van der Waals surface area (Å²) in [6.45, 7) is -0.220. The van der Waals surface area contributed by atoms with Crippen LogP contribution in [-0.4, -0.2) is 23.9 Å². The molecule has 1 rings (SSSR count). The smallest absolute Gasteiger partial charge is 0.382 e. The first-order valence-corrected chi connectivity index (χ1v) is 5.39. The monoisotopic (exact) mass is 297 g/mol. The van der Waals surface area contributed by atoms with Crippen LogP contribution in [0.4, 0.5) is 13.2 Å². The molecule has 0 aliphatic carbocycles. The Kier molecular flexibility index (Phi) is 4.76. The van der Waals surface area contributed by atoms with Crippen LogP contribution >= 0.6 is 15.9 Å². The van der Waals surface area contributed by atoms with E-state index in [0.717, 1.165) is 10.0 Å². The highest BCUT2D eigenvalue weighted by atomic mass is 79.9. The Bertz CT molecular complexity index is 343. The van der Waals surface area contributed by atoms with E-state index in [2.05, 4.69) is 21.2 Å². The Balaban J connectivity index is 2.36. The molecule has 0 fully saturated rings. The molecule has 1 unspecified atom stereocenters. The number of benzene rings is 1. The van der Waals surface area contributed by atoms with Gasteiger partial charge in [0.1, 0.15) is 0 Å². The van der Waals surface area contributed by atoms with Crippen molar-refractivity contribution >= 4 is 15.9 Å². The number of rotatable bonds is 4. The molecule has 0 heterocycles. The summed E-state index contributed by atoms with van der Waals surface area (Å²) in [5.74, 6) is 0. The molecule has 0 saturated heterocycles. The Hall–Kier alpha value is -0.590. The van der Waals surface area contributed by atoms with Gasteiger partial charge in [0.2, 0.25) is 0 Å². The van der Waals surface area contributed by atoms with Gasteiger partial charge >= 0.3 is 6.18 Å². The van der Waals surface area contributed by atoms with Crippen LogP contribution < -0.4 is 5.32 Å². The molecule has 0 radical (unpaired) electrons. The first-order chi connectivity index (χ1) is 7.39. The minimum atomic E-state index is -4.57. The van der Waals surface area contributed by atoms with Crippen LogP contribution in [0.2, 0.25) is 0 Å². The molecule has 90 valence electrons. The van der Waals surface area contributed by atoms with E-state index >= 15 is 0 Å². The van der Waals surface area contributed by atoms with Crippen LogP contribution in [0.3, 0.4) is 0 Å². The molecular formula is C10H11BrF3NO. The molecule has 1 aromatic rings. The Morgan fingerprint density at radius 1 is 1.38 bits per heavy atom. The molecule has 0 aromatic heterocycles. The van der Waals surface area contributed by atoms with Gasteiger partial charge in [-0.2, -0.15) is 13.2 Å². The van der Waals surface area contributed by atoms with Crippen LogP contribution in [0, 0.1) is 0 Å². The minimum absolute atomic E-state index is 0.284. The van der Waals surface area contributed by atoms with E-state index in [1.54, 1.807) is 18.2 Å². The third kappa shape index (κ3) is 4.51. The second-order valence-electron chi connectivity index (χ2n) is 3.32. The molecule has 0 aliphatic rings. The summed E-state index contributed by atoms with van der Waals surface area (Å²) < 4.78 is 36.7. The summed E-state index contributed by atoms with van der Waals surface area (Å²) >= 11 is 3.26. The van der Waals surface area contributed by atoms with Gasteiger partial charge in [-0.05, 0) is 17.7 Å². The van der Waals surface area contributed by atoms with Crippen LogP contribution in [0.25, 0.3) is 0 Å². The third-order valence-electron chi connectivity index (χ3n) is 1.93. The molecule has 0 aliphatic heterocycles. The van der Waals surface area contributed by atoms with Gasteiger partial charge in [-0.15, -0.1) is 0 Å². The second kappa shape index (κ2) is 5.65. The third-order valence-corrected chi connectivity index (χ3v) is 2.43. The molecule has 0 amide bonds. The van der Waals surface area contributed by atoms with Crippen molar-refractivity contribution in [2.45, 2.75) is 18.8 Å². The van der Waals surface area contributed by atoms with Crippen molar-refractivity contribution in [1.29, 1.82) is 0 Å². The normalized spacial score (nSPS) is 13.8. The number of hydrogen-bond acceptors (Lipinski definition) is 2. The zero-order valence-corrected chi connectivity index (χ0v) is 9.85. The van der Waals surface area contributed by atoms with E-state index in [0.29, 0.717) is 0 Å². The number of halogens is 4. The van der Waals surface area contributed by atoms with Gasteiger partial charge in [-0.1, -0.05) is 28.1 Å². The summed E-state index contributed by atoms with van der Waals surface area (Å²) in [6.07, 6.45) is -6.88. The van der Waals surface area contributed by atoms with Crippen molar-refractivity contribution in [3.8, 4) is 0 Å². The fraction of sp³-hybridized carbons (Fsp3) is 0.400. The average molecular weight is 298 g/mol. The SMILES string of the molecule is OC(CNCc1cccc(Br)c1)C(F)(F)F. The van der Waals surface area contributed by atoms with Crippen LogP contribution in [0.5, 0.6) is 0 Å². The van der Waals surface area contributed by atoms with Crippen molar-refractivity contribution in [2.75, 3.05) is 6.54 Å². The fourth-order valence-electron chi connectivity index (χ4n) is 1.12. The molecule has 2 N–H and O–H groups in total. The molecule has 0 bridgehead atoms. The first-order valence-electron chi connectivity index (χ1n) is 4.59. The topological polar surface area (TPSA) is 32.3 Å². The summed E-state index contributed by atoms with van der Waals surface area (Å²) in [5, 5.41) is 11.3. The van der Waals surface area contributed by atoms with Gasteiger partial charge in [-0.25, -0.2) is 0 Å². The fourth-order valence-corrected chi connectivity index (χ4v) is 1.56. The number of nitrogens with one attached hydrogen (secondary N) is 1. The molecule has 6 heteroatoms. The van der Waals surface area contributed by atoms with Crippen molar-refractivity contribution in [3.63, 3.8) is 0 Å². The van der Waals surface area contributed by atoms with Gasteiger partial charge < -0.3 is 10.4 Å². The minimum Gasteiger partial charge on any atom is -0.382 e. The van der Waals surface area contributed by atoms with E-state index in [1.807, 2.05) is 6.07 Å². The summed E-state index contributed by atoms with van der Waals surface area (Å²) in [5.41, 5.74) is 0.851. The van der Waals surface area contributed by atoms with E-state index in [9.17, 15) is 13.2 Å². The van der Waals surface area contributed by atoms with Crippen molar-refractivity contribution in [1.82, 2.24) is 5.32 Å². The van der Waals surface area contributed by atoms with Crippen LogP contribution in [0.15, 0.2) is 28.7 Å². The predicted molar refractivity (Wildman–Crippen MR) is 57.9 cm³/mol. The van der Waals surface area contributed by atoms with Gasteiger partial charge in [0.05, 0.1) is 0 Å². The van der Waals surface area contributed by atoms with Gasteiger partial charge in [0.15, 0.2) is 6.10 Å². The zero-order valence-electron chi connectivity index (χ0n) is 8.26. The lowest BCUT2D eigenvalue weighted by Gasteiger charge is -2.15. The lowest BCUT2D eigenvalue weighted by atomic mass is 10.2. The van der Waals surface area contributed by atoms with Crippen molar-refractivity contribution in [2.24, 2.45) is 0 Å². The highest BCUT2D eigenvalue weighted by Crippen LogP contribution is 2.19. The van der Waals surface area contributed by atoms with Crippen LogP contribution in [-0.2, 0) is 6.54 Å². The van der Waals surface area contributed by atoms with Gasteiger partial charge in [0.25, 0.3) is 0 Å². The number of aliphatic hydroxyl groups excluding tert-OH is 1. The molecule has 0 spiro atoms. The summed E-state index contributed by atoms with van der Waals surface area (Å²) in [7, 11) is 0. The van der Waals surface area contributed by atoms with Crippen LogP contribution in [0.1, 0.15) is 5.56 Å². The largest absolute Gasteiger partial charge is 0.415 e.